The highest BCUT2D eigenvalue weighted by molar-refractivity contribution is 9.10. The Hall–Kier alpha value is -0.580. The van der Waals surface area contributed by atoms with Gasteiger partial charge in [0.25, 0.3) is 0 Å². The predicted molar refractivity (Wildman–Crippen MR) is 61.7 cm³/mol. The van der Waals surface area contributed by atoms with E-state index in [-0.39, 0.29) is 0 Å². The molecule has 0 spiro atoms. The molecule has 0 radical (unpaired) electrons. The highest BCUT2D eigenvalue weighted by atomic mass is 79.9. The molecule has 1 aromatic carbocycles. The molecule has 0 fully saturated rings. The third kappa shape index (κ3) is 1.65. The molecule has 0 aliphatic rings. The summed E-state index contributed by atoms with van der Waals surface area (Å²) in [6, 6.07) is 3.28. The molecule has 1 aromatic heterocycles. The Balaban J connectivity index is 2.83. The van der Waals surface area contributed by atoms with Gasteiger partial charge in [-0.15, -0.1) is 0 Å². The molecule has 0 atom stereocenters. The summed E-state index contributed by atoms with van der Waals surface area (Å²) in [5.41, 5.74) is 6.86. The number of nitrogen functional groups attached to an aromatic ring is 1. The van der Waals surface area contributed by atoms with Gasteiger partial charge in [-0.3, -0.25) is 0 Å². The van der Waals surface area contributed by atoms with Crippen molar-refractivity contribution in [1.82, 2.24) is 9.97 Å². The summed E-state index contributed by atoms with van der Waals surface area (Å²) in [7, 11) is 0. The Bertz CT molecular complexity index is 426. The van der Waals surface area contributed by atoms with Gasteiger partial charge in [0.15, 0.2) is 5.82 Å². The lowest BCUT2D eigenvalue weighted by Crippen LogP contribution is -1.95. The van der Waals surface area contributed by atoms with Crippen LogP contribution >= 0.6 is 39.1 Å². The molecule has 0 unspecified atom stereocenters. The molecule has 3 nitrogen and oxygen atoms in total. The molecule has 14 heavy (non-hydrogen) atoms. The van der Waals surface area contributed by atoms with Crippen molar-refractivity contribution in [1.29, 1.82) is 0 Å². The molecule has 2 N–H and O–H groups in total. The fourth-order valence-corrected chi connectivity index (χ4v) is 1.64. The van der Waals surface area contributed by atoms with Gasteiger partial charge in [-0.2, -0.15) is 0 Å². The second-order valence-corrected chi connectivity index (χ2v) is 4.22. The third-order valence-electron chi connectivity index (χ3n) is 1.69. The number of nitrogens with zero attached hydrogens (tertiary/aromatic N) is 2. The summed E-state index contributed by atoms with van der Waals surface area (Å²) < 4.78 is 0.503. The molecule has 0 bridgehead atoms. The van der Waals surface area contributed by atoms with Crippen molar-refractivity contribution in [2.45, 2.75) is 0 Å². The summed E-state index contributed by atoms with van der Waals surface area (Å²) in [5.74, 6) is 0.330. The van der Waals surface area contributed by atoms with Gasteiger partial charge in [-0.25, -0.2) is 9.97 Å². The molecule has 6 heteroatoms. The van der Waals surface area contributed by atoms with E-state index in [1.807, 2.05) is 0 Å². The van der Waals surface area contributed by atoms with Crippen molar-refractivity contribution >= 4 is 56.0 Å². The normalized spacial score (nSPS) is 10.8. The van der Waals surface area contributed by atoms with E-state index in [2.05, 4.69) is 25.9 Å². The van der Waals surface area contributed by atoms with Crippen molar-refractivity contribution in [3.8, 4) is 0 Å². The molecular formula is C8H4BrCl2N3. The van der Waals surface area contributed by atoms with Crippen LogP contribution in [-0.4, -0.2) is 9.97 Å². The SMILES string of the molecule is Nc1nc2cc(Cl)c(Cl)cc2nc1Br. The molecule has 0 aliphatic carbocycles. The minimum absolute atomic E-state index is 0.330. The maximum absolute atomic E-state index is 5.83. The number of hydrogen-bond donors (Lipinski definition) is 1. The number of hydrogen-bond acceptors (Lipinski definition) is 3. The number of aromatic nitrogens is 2. The lowest BCUT2D eigenvalue weighted by molar-refractivity contribution is 1.26. The molecule has 0 amide bonds. The zero-order chi connectivity index (χ0) is 10.3. The molecule has 2 rings (SSSR count). The number of benzene rings is 1. The van der Waals surface area contributed by atoms with Crippen molar-refractivity contribution in [3.63, 3.8) is 0 Å². The second-order valence-electron chi connectivity index (χ2n) is 2.65. The number of fused-ring (bicyclic) bond motifs is 1. The van der Waals surface area contributed by atoms with Gasteiger partial charge in [0.2, 0.25) is 0 Å². The van der Waals surface area contributed by atoms with Crippen LogP contribution in [0.2, 0.25) is 10.0 Å². The maximum Gasteiger partial charge on any atom is 0.157 e. The largest absolute Gasteiger partial charge is 0.381 e. The highest BCUT2D eigenvalue weighted by Crippen LogP contribution is 2.28. The first kappa shape index (κ1) is 9.96. The van der Waals surface area contributed by atoms with Crippen LogP contribution in [0.15, 0.2) is 16.7 Å². The van der Waals surface area contributed by atoms with E-state index in [4.69, 9.17) is 28.9 Å². The zero-order valence-electron chi connectivity index (χ0n) is 6.76. The standard InChI is InChI=1S/C8H4BrCl2N3/c9-7-8(12)14-6-2-4(11)3(10)1-5(6)13-7/h1-2H,(H2,12,14). The molecule has 1 heterocycles. The van der Waals surface area contributed by atoms with Gasteiger partial charge in [-0.1, -0.05) is 23.2 Å². The number of anilines is 1. The van der Waals surface area contributed by atoms with E-state index in [0.717, 1.165) is 0 Å². The Kier molecular flexibility index (Phi) is 2.51. The van der Waals surface area contributed by atoms with Crippen LogP contribution in [0.4, 0.5) is 5.82 Å². The monoisotopic (exact) mass is 291 g/mol. The first-order valence-electron chi connectivity index (χ1n) is 3.65. The highest BCUT2D eigenvalue weighted by Gasteiger charge is 2.06. The van der Waals surface area contributed by atoms with E-state index < -0.39 is 0 Å². The fraction of sp³-hybridized carbons (Fsp3) is 0. The van der Waals surface area contributed by atoms with Crippen molar-refractivity contribution in [3.05, 3.63) is 26.8 Å². The van der Waals surface area contributed by atoms with Crippen LogP contribution in [-0.2, 0) is 0 Å². The van der Waals surface area contributed by atoms with Gasteiger partial charge >= 0.3 is 0 Å². The fourth-order valence-electron chi connectivity index (χ4n) is 1.04. The first-order valence-corrected chi connectivity index (χ1v) is 5.20. The minimum atomic E-state index is 0.330. The average Bonchev–Trinajstić information content (AvgIpc) is 2.11. The Morgan fingerprint density at radius 3 is 2.14 bits per heavy atom. The smallest absolute Gasteiger partial charge is 0.157 e. The second kappa shape index (κ2) is 3.53. The van der Waals surface area contributed by atoms with Crippen LogP contribution < -0.4 is 5.73 Å². The topological polar surface area (TPSA) is 51.8 Å². The zero-order valence-corrected chi connectivity index (χ0v) is 9.86. The van der Waals surface area contributed by atoms with E-state index in [9.17, 15) is 0 Å². The Morgan fingerprint density at radius 1 is 1.07 bits per heavy atom. The Labute approximate surface area is 98.4 Å². The van der Waals surface area contributed by atoms with Crippen molar-refractivity contribution in [2.75, 3.05) is 5.73 Å². The van der Waals surface area contributed by atoms with Gasteiger partial charge in [0, 0.05) is 0 Å². The van der Waals surface area contributed by atoms with Crippen LogP contribution in [0.1, 0.15) is 0 Å². The number of nitrogens with two attached hydrogens (primary N) is 1. The van der Waals surface area contributed by atoms with Gasteiger partial charge in [0.1, 0.15) is 4.60 Å². The molecule has 72 valence electrons. The summed E-state index contributed by atoms with van der Waals surface area (Å²) in [5, 5.41) is 0.889. The molecule has 2 aromatic rings. The number of rotatable bonds is 0. The lowest BCUT2D eigenvalue weighted by atomic mass is 10.3. The first-order chi connectivity index (χ1) is 6.58. The summed E-state index contributed by atoms with van der Waals surface area (Å²) in [4.78, 5) is 8.27. The van der Waals surface area contributed by atoms with E-state index >= 15 is 0 Å². The van der Waals surface area contributed by atoms with Crippen LogP contribution in [0.25, 0.3) is 11.0 Å². The number of halogens is 3. The van der Waals surface area contributed by atoms with E-state index in [1.54, 1.807) is 12.1 Å². The summed E-state index contributed by atoms with van der Waals surface area (Å²) in [6.45, 7) is 0. The average molecular weight is 293 g/mol. The molecular weight excluding hydrogens is 289 g/mol. The van der Waals surface area contributed by atoms with Gasteiger partial charge in [0.05, 0.1) is 21.1 Å². The Morgan fingerprint density at radius 2 is 1.57 bits per heavy atom. The van der Waals surface area contributed by atoms with E-state index in [1.165, 1.54) is 0 Å². The third-order valence-corrected chi connectivity index (χ3v) is 2.99. The summed E-state index contributed by atoms with van der Waals surface area (Å²) >= 11 is 14.8. The van der Waals surface area contributed by atoms with Gasteiger partial charge in [-0.05, 0) is 28.1 Å². The molecule has 0 aliphatic heterocycles. The van der Waals surface area contributed by atoms with Crippen molar-refractivity contribution in [2.24, 2.45) is 0 Å². The van der Waals surface area contributed by atoms with E-state index in [0.29, 0.717) is 31.5 Å². The lowest BCUT2D eigenvalue weighted by Gasteiger charge is -2.02. The molecule has 0 saturated carbocycles. The van der Waals surface area contributed by atoms with Crippen molar-refractivity contribution < 1.29 is 0 Å². The minimum Gasteiger partial charge on any atom is -0.381 e. The van der Waals surface area contributed by atoms with Crippen LogP contribution in [0.3, 0.4) is 0 Å². The summed E-state index contributed by atoms with van der Waals surface area (Å²) in [6.07, 6.45) is 0. The molecule has 0 saturated heterocycles. The maximum atomic E-state index is 5.83. The van der Waals surface area contributed by atoms with Gasteiger partial charge < -0.3 is 5.73 Å². The predicted octanol–water partition coefficient (Wildman–Crippen LogP) is 3.28. The van der Waals surface area contributed by atoms with Crippen LogP contribution in [0.5, 0.6) is 0 Å². The van der Waals surface area contributed by atoms with Crippen LogP contribution in [0, 0.1) is 0 Å². The quantitative estimate of drug-likeness (QED) is 0.811.